The molecule has 7 heteroatoms. The van der Waals surface area contributed by atoms with Crippen LogP contribution in [0.2, 0.25) is 0 Å². The van der Waals surface area contributed by atoms with Crippen LogP contribution >= 0.6 is 31.9 Å². The molecule has 1 fully saturated rings. The molecular formula is C14H20Br2N2O2S. The topological polar surface area (TPSA) is 40.6 Å². The lowest BCUT2D eigenvalue weighted by atomic mass is 10.1. The number of rotatable bonds is 4. The second-order valence-corrected chi connectivity index (χ2v) is 9.46. The summed E-state index contributed by atoms with van der Waals surface area (Å²) in [6.07, 6.45) is 1.05. The summed E-state index contributed by atoms with van der Waals surface area (Å²) in [6, 6.07) is 3.50. The van der Waals surface area contributed by atoms with E-state index in [1.165, 1.54) is 4.31 Å². The molecule has 1 atom stereocenters. The second-order valence-electron chi connectivity index (χ2n) is 5.73. The zero-order valence-corrected chi connectivity index (χ0v) is 16.4. The Labute approximate surface area is 143 Å². The number of sulfonamides is 1. The Hall–Kier alpha value is 0.0500. The van der Waals surface area contributed by atoms with Crippen molar-refractivity contribution in [2.45, 2.75) is 18.2 Å². The zero-order chi connectivity index (χ0) is 15.8. The average Bonchev–Trinajstić information content (AvgIpc) is 2.79. The van der Waals surface area contributed by atoms with Gasteiger partial charge in [0.25, 0.3) is 0 Å². The summed E-state index contributed by atoms with van der Waals surface area (Å²) < 4.78 is 28.4. The van der Waals surface area contributed by atoms with Gasteiger partial charge >= 0.3 is 0 Å². The summed E-state index contributed by atoms with van der Waals surface area (Å²) in [5, 5.41) is 0. The van der Waals surface area contributed by atoms with E-state index in [9.17, 15) is 8.42 Å². The van der Waals surface area contributed by atoms with Gasteiger partial charge in [-0.1, -0.05) is 15.9 Å². The predicted octanol–water partition coefficient (Wildman–Crippen LogP) is 3.09. The monoisotopic (exact) mass is 438 g/mol. The van der Waals surface area contributed by atoms with Gasteiger partial charge in [-0.05, 0) is 66.5 Å². The van der Waals surface area contributed by atoms with Crippen molar-refractivity contribution in [2.75, 3.05) is 33.7 Å². The van der Waals surface area contributed by atoms with E-state index in [2.05, 4.69) is 43.8 Å². The third-order valence-corrected chi connectivity index (χ3v) is 7.54. The number of aryl methyl sites for hydroxylation is 1. The molecule has 1 aromatic rings. The van der Waals surface area contributed by atoms with Crippen LogP contribution < -0.4 is 0 Å². The molecule has 1 aliphatic rings. The molecular weight excluding hydrogens is 420 g/mol. The quantitative estimate of drug-likeness (QED) is 0.723. The first-order valence-electron chi connectivity index (χ1n) is 6.82. The fraction of sp³-hybridized carbons (Fsp3) is 0.571. The summed E-state index contributed by atoms with van der Waals surface area (Å²) in [5.41, 5.74) is 1.00. The van der Waals surface area contributed by atoms with E-state index in [0.29, 0.717) is 21.8 Å². The molecule has 0 N–H and O–H groups in total. The van der Waals surface area contributed by atoms with Gasteiger partial charge < -0.3 is 4.90 Å². The van der Waals surface area contributed by atoms with Crippen molar-refractivity contribution in [2.24, 2.45) is 5.92 Å². The van der Waals surface area contributed by atoms with E-state index in [-0.39, 0.29) is 0 Å². The van der Waals surface area contributed by atoms with Gasteiger partial charge in [0.15, 0.2) is 0 Å². The second kappa shape index (κ2) is 6.66. The van der Waals surface area contributed by atoms with Gasteiger partial charge in [-0.15, -0.1) is 0 Å². The first-order chi connectivity index (χ1) is 9.71. The molecule has 0 amide bonds. The molecule has 2 rings (SSSR count). The summed E-state index contributed by atoms with van der Waals surface area (Å²) in [4.78, 5) is 2.55. The lowest BCUT2D eigenvalue weighted by Crippen LogP contribution is -2.33. The van der Waals surface area contributed by atoms with Crippen molar-refractivity contribution < 1.29 is 8.42 Å². The highest BCUT2D eigenvalue weighted by Crippen LogP contribution is 2.31. The highest BCUT2D eigenvalue weighted by molar-refractivity contribution is 9.11. The maximum Gasteiger partial charge on any atom is 0.243 e. The molecule has 21 heavy (non-hydrogen) atoms. The highest BCUT2D eigenvalue weighted by atomic mass is 79.9. The van der Waals surface area contributed by atoms with Crippen LogP contribution in [0.15, 0.2) is 26.0 Å². The molecule has 4 nitrogen and oxygen atoms in total. The number of hydrogen-bond acceptors (Lipinski definition) is 3. The molecule has 1 aromatic carbocycles. The van der Waals surface area contributed by atoms with Crippen LogP contribution in [0.4, 0.5) is 0 Å². The Bertz CT molecular complexity index is 634. The third kappa shape index (κ3) is 3.88. The molecule has 0 spiro atoms. The Kier molecular flexibility index (Phi) is 5.52. The molecule has 0 bridgehead atoms. The van der Waals surface area contributed by atoms with E-state index in [4.69, 9.17) is 0 Å². The first-order valence-corrected chi connectivity index (χ1v) is 9.85. The van der Waals surface area contributed by atoms with E-state index in [1.807, 2.05) is 13.0 Å². The molecule has 1 heterocycles. The van der Waals surface area contributed by atoms with Gasteiger partial charge in [-0.25, -0.2) is 12.7 Å². The van der Waals surface area contributed by atoms with E-state index < -0.39 is 10.0 Å². The van der Waals surface area contributed by atoms with E-state index in [0.717, 1.165) is 29.5 Å². The normalized spacial score (nSPS) is 20.4. The summed E-state index contributed by atoms with van der Waals surface area (Å²) in [7, 11) is 0.256. The van der Waals surface area contributed by atoms with E-state index >= 15 is 0 Å². The predicted molar refractivity (Wildman–Crippen MR) is 92.0 cm³/mol. The molecule has 1 aliphatic heterocycles. The SMILES string of the molecule is Cc1cc(Br)c(S(=O)(=O)N(C)CC2CCN(C)C2)cc1Br. The smallest absolute Gasteiger partial charge is 0.243 e. The molecule has 0 aliphatic carbocycles. The minimum atomic E-state index is -3.48. The lowest BCUT2D eigenvalue weighted by molar-refractivity contribution is 0.356. The van der Waals surface area contributed by atoms with Crippen LogP contribution in [0.3, 0.4) is 0 Å². The minimum absolute atomic E-state index is 0.314. The van der Waals surface area contributed by atoms with Crippen molar-refractivity contribution in [3.63, 3.8) is 0 Å². The van der Waals surface area contributed by atoms with Crippen LogP contribution in [0.1, 0.15) is 12.0 Å². The molecule has 0 saturated carbocycles. The Morgan fingerprint density at radius 1 is 1.33 bits per heavy atom. The Morgan fingerprint density at radius 3 is 2.57 bits per heavy atom. The van der Waals surface area contributed by atoms with Gasteiger partial charge in [0.1, 0.15) is 0 Å². The van der Waals surface area contributed by atoms with Crippen LogP contribution in [-0.4, -0.2) is 51.4 Å². The van der Waals surface area contributed by atoms with Crippen molar-refractivity contribution in [1.82, 2.24) is 9.21 Å². The van der Waals surface area contributed by atoms with Crippen LogP contribution in [-0.2, 0) is 10.0 Å². The fourth-order valence-corrected chi connectivity index (χ4v) is 5.51. The molecule has 0 radical (unpaired) electrons. The largest absolute Gasteiger partial charge is 0.306 e. The maximum atomic E-state index is 12.7. The molecule has 118 valence electrons. The van der Waals surface area contributed by atoms with Crippen LogP contribution in [0, 0.1) is 12.8 Å². The minimum Gasteiger partial charge on any atom is -0.306 e. The summed E-state index contributed by atoms with van der Waals surface area (Å²) >= 11 is 6.78. The van der Waals surface area contributed by atoms with Gasteiger partial charge in [-0.2, -0.15) is 0 Å². The lowest BCUT2D eigenvalue weighted by Gasteiger charge is -2.22. The zero-order valence-electron chi connectivity index (χ0n) is 12.4. The van der Waals surface area contributed by atoms with Gasteiger partial charge in [0.05, 0.1) is 4.90 Å². The molecule has 1 saturated heterocycles. The summed E-state index contributed by atoms with van der Waals surface area (Å²) in [5.74, 6) is 0.405. The van der Waals surface area contributed by atoms with Crippen LogP contribution in [0.25, 0.3) is 0 Å². The highest BCUT2D eigenvalue weighted by Gasteiger charge is 2.28. The van der Waals surface area contributed by atoms with Crippen LogP contribution in [0.5, 0.6) is 0 Å². The van der Waals surface area contributed by atoms with Crippen molar-refractivity contribution in [3.05, 3.63) is 26.6 Å². The first kappa shape index (κ1) is 17.4. The number of benzene rings is 1. The maximum absolute atomic E-state index is 12.7. The summed E-state index contributed by atoms with van der Waals surface area (Å²) in [6.45, 7) is 4.49. The van der Waals surface area contributed by atoms with Crippen molar-refractivity contribution >= 4 is 41.9 Å². The van der Waals surface area contributed by atoms with Crippen molar-refractivity contribution in [1.29, 1.82) is 0 Å². The average molecular weight is 440 g/mol. The Balaban J connectivity index is 2.23. The standard InChI is InChI=1S/C14H20Br2N2O2S/c1-10-6-13(16)14(7-12(10)15)21(19,20)18(3)9-11-4-5-17(2)8-11/h6-7,11H,4-5,8-9H2,1-3H3. The number of hydrogen-bond donors (Lipinski definition) is 0. The van der Waals surface area contributed by atoms with Gasteiger partial charge in [-0.3, -0.25) is 0 Å². The molecule has 1 unspecified atom stereocenters. The van der Waals surface area contributed by atoms with Gasteiger partial charge in [0.2, 0.25) is 10.0 Å². The number of likely N-dealkylation sites (tertiary alicyclic amines) is 1. The number of nitrogens with zero attached hydrogens (tertiary/aromatic N) is 2. The van der Waals surface area contributed by atoms with E-state index in [1.54, 1.807) is 13.1 Å². The molecule has 0 aromatic heterocycles. The number of halogens is 2. The van der Waals surface area contributed by atoms with Gasteiger partial charge in [0, 0.05) is 29.1 Å². The third-order valence-electron chi connectivity index (χ3n) is 3.91. The Morgan fingerprint density at radius 2 is 2.00 bits per heavy atom. The fourth-order valence-electron chi connectivity index (χ4n) is 2.63. The van der Waals surface area contributed by atoms with Crippen molar-refractivity contribution in [3.8, 4) is 0 Å².